The van der Waals surface area contributed by atoms with Crippen LogP contribution in [0.1, 0.15) is 36.7 Å². The minimum atomic E-state index is -0.167. The molecule has 1 aromatic carbocycles. The highest BCUT2D eigenvalue weighted by Crippen LogP contribution is 2.24. The second-order valence-electron chi connectivity index (χ2n) is 6.67. The number of carbonyl (C=O) groups excluding carboxylic acids is 1. The van der Waals surface area contributed by atoms with Gasteiger partial charge in [-0.2, -0.15) is 0 Å². The number of amides is 2. The summed E-state index contributed by atoms with van der Waals surface area (Å²) in [7, 11) is 0. The molecule has 0 unspecified atom stereocenters. The molecule has 0 aliphatic carbocycles. The zero-order valence-corrected chi connectivity index (χ0v) is 15.7. The molecule has 0 aliphatic heterocycles. The zero-order valence-electron chi connectivity index (χ0n) is 15.7. The standard InChI is InChI=1S/C22H24N4O/c1-17(2)20-11-3-4-12-21(20)25-22(27)26(15-18-9-5-7-13-23-18)16-19-10-6-8-14-24-19/h3-14,17H,15-16H2,1-2H3,(H,25,27). The van der Waals surface area contributed by atoms with E-state index in [2.05, 4.69) is 29.1 Å². The zero-order chi connectivity index (χ0) is 19.1. The normalized spacial score (nSPS) is 10.6. The van der Waals surface area contributed by atoms with E-state index in [1.807, 2.05) is 60.7 Å². The number of nitrogens with one attached hydrogen (secondary N) is 1. The maximum atomic E-state index is 13.1. The van der Waals surface area contributed by atoms with Crippen LogP contribution in [-0.4, -0.2) is 20.9 Å². The summed E-state index contributed by atoms with van der Waals surface area (Å²) in [6.45, 7) is 5.05. The lowest BCUT2D eigenvalue weighted by atomic mass is 10.0. The molecule has 27 heavy (non-hydrogen) atoms. The molecule has 2 aromatic heterocycles. The molecule has 0 bridgehead atoms. The minimum absolute atomic E-state index is 0.167. The van der Waals surface area contributed by atoms with Crippen molar-refractivity contribution in [1.82, 2.24) is 14.9 Å². The monoisotopic (exact) mass is 360 g/mol. The smallest absolute Gasteiger partial charge is 0.313 e. The van der Waals surface area contributed by atoms with E-state index in [0.29, 0.717) is 19.0 Å². The van der Waals surface area contributed by atoms with E-state index >= 15 is 0 Å². The van der Waals surface area contributed by atoms with Gasteiger partial charge in [-0.3, -0.25) is 9.97 Å². The molecule has 138 valence electrons. The highest BCUT2D eigenvalue weighted by molar-refractivity contribution is 5.90. The lowest BCUT2D eigenvalue weighted by Gasteiger charge is -2.24. The predicted molar refractivity (Wildman–Crippen MR) is 107 cm³/mol. The Bertz CT molecular complexity index is 824. The highest BCUT2D eigenvalue weighted by atomic mass is 16.2. The van der Waals surface area contributed by atoms with Crippen molar-refractivity contribution >= 4 is 11.7 Å². The van der Waals surface area contributed by atoms with Crippen LogP contribution >= 0.6 is 0 Å². The lowest BCUT2D eigenvalue weighted by molar-refractivity contribution is 0.205. The summed E-state index contributed by atoms with van der Waals surface area (Å²) in [5, 5.41) is 3.06. The molecule has 2 amide bonds. The molecule has 0 spiro atoms. The van der Waals surface area contributed by atoms with Gasteiger partial charge in [0.05, 0.1) is 24.5 Å². The van der Waals surface area contributed by atoms with Crippen LogP contribution in [0.5, 0.6) is 0 Å². The van der Waals surface area contributed by atoms with Crippen molar-refractivity contribution in [2.45, 2.75) is 32.9 Å². The first-order chi connectivity index (χ1) is 13.1. The second-order valence-corrected chi connectivity index (χ2v) is 6.67. The molecule has 0 fully saturated rings. The van der Waals surface area contributed by atoms with Gasteiger partial charge in [0.15, 0.2) is 0 Å². The number of rotatable bonds is 6. The van der Waals surface area contributed by atoms with Gasteiger partial charge in [-0.25, -0.2) is 4.79 Å². The minimum Gasteiger partial charge on any atom is -0.313 e. The third kappa shape index (κ3) is 5.14. The summed E-state index contributed by atoms with van der Waals surface area (Å²) in [4.78, 5) is 23.5. The first-order valence-electron chi connectivity index (χ1n) is 9.08. The second kappa shape index (κ2) is 8.94. The molecule has 0 aliphatic rings. The van der Waals surface area contributed by atoms with Crippen molar-refractivity contribution in [3.63, 3.8) is 0 Å². The number of para-hydroxylation sites is 1. The topological polar surface area (TPSA) is 58.1 Å². The molecular formula is C22H24N4O. The lowest BCUT2D eigenvalue weighted by Crippen LogP contribution is -2.34. The summed E-state index contributed by atoms with van der Waals surface area (Å²) in [6, 6.07) is 19.2. The molecule has 0 radical (unpaired) electrons. The van der Waals surface area contributed by atoms with Gasteiger partial charge < -0.3 is 10.2 Å². The summed E-state index contributed by atoms with van der Waals surface area (Å²) >= 11 is 0. The SMILES string of the molecule is CC(C)c1ccccc1NC(=O)N(Cc1ccccn1)Cc1ccccn1. The number of benzene rings is 1. The van der Waals surface area contributed by atoms with Crippen molar-refractivity contribution in [3.05, 3.63) is 90.0 Å². The van der Waals surface area contributed by atoms with Gasteiger partial charge >= 0.3 is 6.03 Å². The average molecular weight is 360 g/mol. The van der Waals surface area contributed by atoms with E-state index < -0.39 is 0 Å². The van der Waals surface area contributed by atoms with Gasteiger partial charge in [-0.15, -0.1) is 0 Å². The fraction of sp³-hybridized carbons (Fsp3) is 0.227. The third-order valence-electron chi connectivity index (χ3n) is 4.27. The summed E-state index contributed by atoms with van der Waals surface area (Å²) < 4.78 is 0. The van der Waals surface area contributed by atoms with Crippen LogP contribution in [0.15, 0.2) is 73.1 Å². The summed E-state index contributed by atoms with van der Waals surface area (Å²) in [5.41, 5.74) is 3.62. The van der Waals surface area contributed by atoms with Gasteiger partial charge in [-0.05, 0) is 41.8 Å². The van der Waals surface area contributed by atoms with E-state index in [9.17, 15) is 4.79 Å². The maximum Gasteiger partial charge on any atom is 0.322 e. The number of aromatic nitrogens is 2. The number of anilines is 1. The van der Waals surface area contributed by atoms with Crippen LogP contribution in [0.3, 0.4) is 0 Å². The van der Waals surface area contributed by atoms with Gasteiger partial charge in [-0.1, -0.05) is 44.2 Å². The number of urea groups is 1. The number of pyridine rings is 2. The van der Waals surface area contributed by atoms with Crippen molar-refractivity contribution < 1.29 is 4.79 Å². The van der Waals surface area contributed by atoms with Gasteiger partial charge in [0, 0.05) is 18.1 Å². The van der Waals surface area contributed by atoms with E-state index in [4.69, 9.17) is 0 Å². The van der Waals surface area contributed by atoms with E-state index in [1.165, 1.54) is 0 Å². The third-order valence-corrected chi connectivity index (χ3v) is 4.27. The predicted octanol–water partition coefficient (Wildman–Crippen LogP) is 4.83. The van der Waals surface area contributed by atoms with E-state index in [0.717, 1.165) is 22.6 Å². The van der Waals surface area contributed by atoms with E-state index in [1.54, 1.807) is 17.3 Å². The van der Waals surface area contributed by atoms with Gasteiger partial charge in [0.25, 0.3) is 0 Å². The largest absolute Gasteiger partial charge is 0.322 e. The average Bonchev–Trinajstić information content (AvgIpc) is 2.69. The summed E-state index contributed by atoms with van der Waals surface area (Å²) in [5.74, 6) is 0.321. The molecule has 3 aromatic rings. The Morgan fingerprint density at radius 3 is 1.96 bits per heavy atom. The Hall–Kier alpha value is -3.21. The van der Waals surface area contributed by atoms with Crippen LogP contribution in [0, 0.1) is 0 Å². The van der Waals surface area contributed by atoms with Crippen LogP contribution < -0.4 is 5.32 Å². The van der Waals surface area contributed by atoms with Crippen molar-refractivity contribution in [3.8, 4) is 0 Å². The Morgan fingerprint density at radius 1 is 0.889 bits per heavy atom. The Kier molecular flexibility index (Phi) is 6.15. The fourth-order valence-electron chi connectivity index (χ4n) is 2.88. The molecule has 0 saturated carbocycles. The van der Waals surface area contributed by atoms with Crippen LogP contribution in [0.2, 0.25) is 0 Å². The van der Waals surface area contributed by atoms with Gasteiger partial charge in [0.1, 0.15) is 0 Å². The van der Waals surface area contributed by atoms with Crippen molar-refractivity contribution in [2.75, 3.05) is 5.32 Å². The number of carbonyl (C=O) groups is 1. The molecule has 5 nitrogen and oxygen atoms in total. The number of hydrogen-bond donors (Lipinski definition) is 1. The summed E-state index contributed by atoms with van der Waals surface area (Å²) in [6.07, 6.45) is 3.47. The van der Waals surface area contributed by atoms with Gasteiger partial charge in [0.2, 0.25) is 0 Å². The maximum absolute atomic E-state index is 13.1. The number of nitrogens with zero attached hydrogens (tertiary/aromatic N) is 3. The molecule has 3 rings (SSSR count). The molecular weight excluding hydrogens is 336 g/mol. The first-order valence-corrected chi connectivity index (χ1v) is 9.08. The molecule has 1 N–H and O–H groups in total. The Balaban J connectivity index is 1.82. The highest BCUT2D eigenvalue weighted by Gasteiger charge is 2.17. The van der Waals surface area contributed by atoms with Crippen molar-refractivity contribution in [2.24, 2.45) is 0 Å². The quantitative estimate of drug-likeness (QED) is 0.685. The number of hydrogen-bond acceptors (Lipinski definition) is 3. The fourth-order valence-corrected chi connectivity index (χ4v) is 2.88. The molecule has 5 heteroatoms. The first kappa shape index (κ1) is 18.6. The van der Waals surface area contributed by atoms with E-state index in [-0.39, 0.29) is 6.03 Å². The molecule has 2 heterocycles. The Morgan fingerprint density at radius 2 is 1.44 bits per heavy atom. The van der Waals surface area contributed by atoms with Crippen LogP contribution in [-0.2, 0) is 13.1 Å². The molecule has 0 saturated heterocycles. The van der Waals surface area contributed by atoms with Crippen LogP contribution in [0.4, 0.5) is 10.5 Å². The van der Waals surface area contributed by atoms with Crippen molar-refractivity contribution in [1.29, 1.82) is 0 Å². The van der Waals surface area contributed by atoms with Crippen LogP contribution in [0.25, 0.3) is 0 Å². The molecule has 0 atom stereocenters. The Labute approximate surface area is 160 Å².